The van der Waals surface area contributed by atoms with Crippen LogP contribution < -0.4 is 0 Å². The first-order chi connectivity index (χ1) is 12.8. The molecule has 0 unspecified atom stereocenters. The van der Waals surface area contributed by atoms with Crippen LogP contribution in [0.15, 0.2) is 123 Å². The maximum Gasteiger partial charge on any atom is 0.0102 e. The molecular formula is C25H20S. The summed E-state index contributed by atoms with van der Waals surface area (Å²) in [5.41, 5.74) is 4.12. The molecule has 0 aromatic heterocycles. The Labute approximate surface area is 156 Å². The van der Waals surface area contributed by atoms with Gasteiger partial charge >= 0.3 is 0 Å². The summed E-state index contributed by atoms with van der Waals surface area (Å²) in [6.07, 6.45) is 0. The van der Waals surface area contributed by atoms with Crippen LogP contribution in [0.4, 0.5) is 0 Å². The molecule has 0 aliphatic carbocycles. The lowest BCUT2D eigenvalue weighted by Gasteiger charge is -2.40. The third kappa shape index (κ3) is 1.98. The van der Waals surface area contributed by atoms with Crippen LogP contribution in [0.2, 0.25) is 0 Å². The Bertz CT molecular complexity index is 1050. The lowest BCUT2D eigenvalue weighted by atomic mass is 10.1. The number of aryl methyl sites for hydroxylation is 1. The van der Waals surface area contributed by atoms with E-state index in [1.54, 1.807) is 0 Å². The van der Waals surface area contributed by atoms with Gasteiger partial charge in [0.2, 0.25) is 0 Å². The van der Waals surface area contributed by atoms with Gasteiger partial charge in [-0.05, 0) is 53.9 Å². The average Bonchev–Trinajstić information content (AvgIpc) is 3.01. The summed E-state index contributed by atoms with van der Waals surface area (Å²) in [6, 6.07) is 37.9. The third-order valence-electron chi connectivity index (χ3n) is 5.24. The normalized spacial score (nSPS) is 15.1. The summed E-state index contributed by atoms with van der Waals surface area (Å²) in [4.78, 5) is 5.78. The van der Waals surface area contributed by atoms with Crippen LogP contribution in [0, 0.1) is 6.92 Å². The van der Waals surface area contributed by atoms with Gasteiger partial charge in [-0.1, -0.05) is 72.8 Å². The third-order valence-corrected chi connectivity index (χ3v) is 9.37. The predicted octanol–water partition coefficient (Wildman–Crippen LogP) is 7.32. The van der Waals surface area contributed by atoms with Gasteiger partial charge in [0.15, 0.2) is 0 Å². The van der Waals surface area contributed by atoms with Crippen molar-refractivity contribution in [3.05, 3.63) is 109 Å². The lowest BCUT2D eigenvalue weighted by molar-refractivity contribution is 1.23. The molecule has 26 heavy (non-hydrogen) atoms. The molecule has 1 aliphatic heterocycles. The fourth-order valence-corrected chi connectivity index (χ4v) is 8.63. The van der Waals surface area contributed by atoms with Crippen molar-refractivity contribution in [2.45, 2.75) is 26.5 Å². The summed E-state index contributed by atoms with van der Waals surface area (Å²) in [6.45, 7) is 2.25. The van der Waals surface area contributed by atoms with Crippen LogP contribution in [0.3, 0.4) is 0 Å². The molecule has 1 aliphatic rings. The van der Waals surface area contributed by atoms with E-state index < -0.39 is 10.0 Å². The van der Waals surface area contributed by atoms with Crippen molar-refractivity contribution >= 4 is 10.0 Å². The Morgan fingerprint density at radius 2 is 0.923 bits per heavy atom. The van der Waals surface area contributed by atoms with Crippen LogP contribution in [0.25, 0.3) is 11.1 Å². The van der Waals surface area contributed by atoms with E-state index in [4.69, 9.17) is 0 Å². The molecule has 0 amide bonds. The number of hydrogen-bond donors (Lipinski definition) is 0. The molecule has 4 aromatic rings. The molecule has 1 heterocycles. The fourth-order valence-electron chi connectivity index (χ4n) is 4.17. The van der Waals surface area contributed by atoms with Crippen LogP contribution in [-0.4, -0.2) is 0 Å². The summed E-state index contributed by atoms with van der Waals surface area (Å²) >= 11 is 0. The van der Waals surface area contributed by atoms with Gasteiger partial charge in [-0.3, -0.25) is 0 Å². The second kappa shape index (κ2) is 5.89. The van der Waals surface area contributed by atoms with E-state index in [9.17, 15) is 0 Å². The van der Waals surface area contributed by atoms with Gasteiger partial charge in [-0.2, -0.15) is 0 Å². The topological polar surface area (TPSA) is 0 Å². The lowest BCUT2D eigenvalue weighted by Crippen LogP contribution is -2.03. The van der Waals surface area contributed by atoms with Gasteiger partial charge in [0.1, 0.15) is 0 Å². The Balaban J connectivity index is 2.00. The fraction of sp³-hybridized carbons (Fsp3) is 0.0400. The van der Waals surface area contributed by atoms with Crippen molar-refractivity contribution < 1.29 is 0 Å². The molecule has 0 radical (unpaired) electrons. The van der Waals surface area contributed by atoms with Crippen LogP contribution in [-0.2, 0) is 0 Å². The Morgan fingerprint density at radius 1 is 0.462 bits per heavy atom. The first-order valence-electron chi connectivity index (χ1n) is 8.96. The van der Waals surface area contributed by atoms with Gasteiger partial charge in [-0.25, -0.2) is 0 Å². The highest BCUT2D eigenvalue weighted by molar-refractivity contribution is 8.34. The molecular weight excluding hydrogens is 332 g/mol. The Kier molecular flexibility index (Phi) is 3.51. The molecule has 0 fully saturated rings. The van der Waals surface area contributed by atoms with Gasteiger partial charge in [-0.15, -0.1) is 10.0 Å². The first-order valence-corrected chi connectivity index (χ1v) is 10.6. The smallest absolute Gasteiger partial charge is 0.0102 e. The second-order valence-corrected chi connectivity index (χ2v) is 9.70. The monoisotopic (exact) mass is 352 g/mol. The summed E-state index contributed by atoms with van der Waals surface area (Å²) < 4.78 is 0. The molecule has 5 rings (SSSR count). The van der Waals surface area contributed by atoms with Gasteiger partial charge < -0.3 is 0 Å². The van der Waals surface area contributed by atoms with E-state index in [0.29, 0.717) is 0 Å². The zero-order chi connectivity index (χ0) is 17.6. The highest BCUT2D eigenvalue weighted by Crippen LogP contribution is 2.80. The standard InChI is InChI=1S/C25H20S/c1-19-11-5-8-16-23(19)26(20-12-3-2-4-13-20)24-17-9-6-14-21(24)22-15-7-10-18-25(22)26/h2-18H,1H3. The maximum absolute atomic E-state index is 2.34. The van der Waals surface area contributed by atoms with E-state index in [1.165, 1.54) is 36.3 Å². The molecule has 0 N–H and O–H groups in total. The van der Waals surface area contributed by atoms with Crippen molar-refractivity contribution in [3.63, 3.8) is 0 Å². The number of rotatable bonds is 2. The highest BCUT2D eigenvalue weighted by Gasteiger charge is 2.42. The minimum atomic E-state index is -1.47. The summed E-state index contributed by atoms with van der Waals surface area (Å²) in [5, 5.41) is 0. The second-order valence-electron chi connectivity index (χ2n) is 6.68. The first kappa shape index (κ1) is 15.5. The molecule has 0 atom stereocenters. The zero-order valence-corrected chi connectivity index (χ0v) is 15.5. The number of hydrogen-bond acceptors (Lipinski definition) is 0. The molecule has 0 saturated heterocycles. The molecule has 0 nitrogen and oxygen atoms in total. The molecule has 0 bridgehead atoms. The molecule has 126 valence electrons. The summed E-state index contributed by atoms with van der Waals surface area (Å²) in [5.74, 6) is 0. The molecule has 1 heteroatoms. The minimum Gasteiger partial charge on any atom is -0.131 e. The number of fused-ring (bicyclic) bond motifs is 3. The van der Waals surface area contributed by atoms with Crippen molar-refractivity contribution in [3.8, 4) is 11.1 Å². The van der Waals surface area contributed by atoms with E-state index in [-0.39, 0.29) is 0 Å². The van der Waals surface area contributed by atoms with Crippen LogP contribution >= 0.6 is 10.0 Å². The quantitative estimate of drug-likeness (QED) is 0.312. The van der Waals surface area contributed by atoms with Crippen molar-refractivity contribution in [1.29, 1.82) is 0 Å². The zero-order valence-electron chi connectivity index (χ0n) is 14.7. The van der Waals surface area contributed by atoms with Crippen molar-refractivity contribution in [2.24, 2.45) is 0 Å². The van der Waals surface area contributed by atoms with Gasteiger partial charge in [0.05, 0.1) is 0 Å². The SMILES string of the molecule is Cc1ccccc1S1(c2ccccc2)c2ccccc2-c2ccccc21. The molecule has 4 aromatic carbocycles. The van der Waals surface area contributed by atoms with E-state index in [1.807, 2.05) is 0 Å². The predicted molar refractivity (Wildman–Crippen MR) is 110 cm³/mol. The van der Waals surface area contributed by atoms with Gasteiger partial charge in [0.25, 0.3) is 0 Å². The van der Waals surface area contributed by atoms with Crippen molar-refractivity contribution in [1.82, 2.24) is 0 Å². The van der Waals surface area contributed by atoms with Crippen molar-refractivity contribution in [2.75, 3.05) is 0 Å². The minimum absolute atomic E-state index is 1.36. The largest absolute Gasteiger partial charge is 0.131 e. The van der Waals surface area contributed by atoms with Crippen LogP contribution in [0.1, 0.15) is 5.56 Å². The summed E-state index contributed by atoms with van der Waals surface area (Å²) in [7, 11) is -1.47. The van der Waals surface area contributed by atoms with Gasteiger partial charge in [0, 0.05) is 19.6 Å². The average molecular weight is 353 g/mol. The van der Waals surface area contributed by atoms with E-state index in [2.05, 4.69) is 110 Å². The van der Waals surface area contributed by atoms with Crippen LogP contribution in [0.5, 0.6) is 0 Å². The van der Waals surface area contributed by atoms with E-state index in [0.717, 1.165) is 0 Å². The molecule has 0 saturated carbocycles. The Hall–Kier alpha value is -2.77. The number of benzene rings is 4. The highest BCUT2D eigenvalue weighted by atomic mass is 32.3. The Morgan fingerprint density at radius 3 is 1.50 bits per heavy atom. The maximum atomic E-state index is 2.34. The van der Waals surface area contributed by atoms with E-state index >= 15 is 0 Å². The molecule has 0 spiro atoms.